The summed E-state index contributed by atoms with van der Waals surface area (Å²) in [6.45, 7) is 4.65. The second-order valence-electron chi connectivity index (χ2n) is 6.02. The molecule has 0 saturated carbocycles. The van der Waals surface area contributed by atoms with Crippen molar-refractivity contribution in [3.05, 3.63) is 0 Å². The van der Waals surface area contributed by atoms with Crippen LogP contribution in [-0.2, 0) is 28.1 Å². The van der Waals surface area contributed by atoms with Gasteiger partial charge in [-0.15, -0.1) is 0 Å². The summed E-state index contributed by atoms with van der Waals surface area (Å²) >= 11 is 0. The van der Waals surface area contributed by atoms with Gasteiger partial charge in [0.2, 0.25) is 22.1 Å². The quantitative estimate of drug-likeness (QED) is 0.184. The van der Waals surface area contributed by atoms with Crippen molar-refractivity contribution in [2.45, 2.75) is 40.0 Å². The molecule has 31 heavy (non-hydrogen) atoms. The Morgan fingerprint density at radius 1 is 0.581 bits per heavy atom. The first-order valence-electron chi connectivity index (χ1n) is 8.95. The number of carbonyl (C=O) groups is 3. The zero-order valence-electron chi connectivity index (χ0n) is 17.8. The number of carbonyl (C=O) groups excluding carboxylic acids is 3. The zero-order chi connectivity index (χ0) is 24.6. The maximum Gasteiger partial charge on any atom is 3.00 e. The first-order chi connectivity index (χ1) is 13.4. The fraction of sp³-hybridized carbons (Fsp3) is 0.800. The average Bonchev–Trinajstić information content (AvgIpc) is 2.64. The van der Waals surface area contributed by atoms with Crippen molar-refractivity contribution >= 4 is 57.4 Å². The van der Waals surface area contributed by atoms with Crippen LogP contribution in [0, 0.1) is 0 Å². The van der Waals surface area contributed by atoms with E-state index >= 15 is 0 Å². The van der Waals surface area contributed by atoms with Gasteiger partial charge in [-0.25, -0.2) is 0 Å². The van der Waals surface area contributed by atoms with Crippen LogP contribution in [0.5, 0.6) is 0 Å². The van der Waals surface area contributed by atoms with Gasteiger partial charge >= 0.3 is 17.4 Å². The van der Waals surface area contributed by atoms with E-state index in [4.69, 9.17) is 14.7 Å². The molecule has 3 unspecified atom stereocenters. The fourth-order valence-corrected chi connectivity index (χ4v) is 3.82. The van der Waals surface area contributed by atoms with Crippen LogP contribution in [-0.4, -0.2) is 86.9 Å². The largest absolute Gasteiger partial charge is 3.00 e. The molecule has 0 spiro atoms. The smallest absolute Gasteiger partial charge is 0.550 e. The molecule has 0 aliphatic carbocycles. The van der Waals surface area contributed by atoms with Crippen molar-refractivity contribution in [2.24, 2.45) is 0 Å². The Morgan fingerprint density at radius 2 is 0.742 bits per heavy atom. The molecular formula is C15H30AlO12P3. The van der Waals surface area contributed by atoms with Crippen LogP contribution in [0.2, 0.25) is 0 Å². The van der Waals surface area contributed by atoms with Gasteiger partial charge in [0.1, 0.15) is 0 Å². The van der Waals surface area contributed by atoms with Gasteiger partial charge in [-0.3, -0.25) is 13.7 Å². The van der Waals surface area contributed by atoms with E-state index < -0.39 is 40.0 Å². The van der Waals surface area contributed by atoms with Crippen LogP contribution in [0.4, 0.5) is 0 Å². The zero-order valence-corrected chi connectivity index (χ0v) is 21.6. The summed E-state index contributed by atoms with van der Waals surface area (Å²) < 4.78 is 32.3. The second kappa shape index (κ2) is 19.0. The minimum Gasteiger partial charge on any atom is -0.550 e. The normalized spacial score (nSPS) is 15.7. The number of hydrogen-bond donors (Lipinski definition) is 3. The third-order valence-corrected chi connectivity index (χ3v) is 9.21. The number of carboxylic acids is 3. The van der Waals surface area contributed by atoms with E-state index in [1.165, 1.54) is 0 Å². The molecule has 0 saturated heterocycles. The number of carboxylic acid groups (broad SMARTS) is 3. The Labute approximate surface area is 192 Å². The minimum atomic E-state index is -3.15. The van der Waals surface area contributed by atoms with Crippen LogP contribution in [0.25, 0.3) is 0 Å². The molecule has 0 fully saturated rings. The van der Waals surface area contributed by atoms with E-state index in [9.17, 15) is 43.4 Å². The maximum absolute atomic E-state index is 10.8. The molecule has 3 atom stereocenters. The van der Waals surface area contributed by atoms with Crippen LogP contribution in [0.1, 0.15) is 40.0 Å². The van der Waals surface area contributed by atoms with Gasteiger partial charge < -0.3 is 44.4 Å². The second-order valence-corrected chi connectivity index (χ2v) is 14.3. The van der Waals surface area contributed by atoms with Crippen LogP contribution in [0.15, 0.2) is 0 Å². The Balaban J connectivity index is -0.000000174. The van der Waals surface area contributed by atoms with Gasteiger partial charge in [0.15, 0.2) is 0 Å². The topological polar surface area (TPSA) is 232 Å². The molecule has 0 heterocycles. The Hall–Kier alpha value is -0.488. The summed E-state index contributed by atoms with van der Waals surface area (Å²) in [6, 6.07) is 0. The van der Waals surface area contributed by atoms with E-state index in [0.29, 0.717) is 0 Å². The molecule has 0 aromatic carbocycles. The third-order valence-electron chi connectivity index (χ3n) is 3.48. The van der Waals surface area contributed by atoms with Crippen molar-refractivity contribution < 1.29 is 58.1 Å². The SMILES string of the molecule is CCP(=O)(O)CCC(=O)[O-].CCP(=O)(O)CCC(=O)[O-].CCP(=O)(O)CCC(=O)[O-].[Al+3]. The Kier molecular flexibility index (Phi) is 23.2. The molecule has 16 heteroatoms. The first kappa shape index (κ1) is 37.8. The summed E-state index contributed by atoms with van der Waals surface area (Å²) in [5.41, 5.74) is 0. The Morgan fingerprint density at radius 3 is 0.839 bits per heavy atom. The van der Waals surface area contributed by atoms with Gasteiger partial charge in [0.25, 0.3) is 0 Å². The van der Waals surface area contributed by atoms with Gasteiger partial charge in [-0.1, -0.05) is 20.8 Å². The molecular weight excluding hydrogens is 492 g/mol. The molecule has 0 bridgehead atoms. The van der Waals surface area contributed by atoms with Crippen molar-refractivity contribution in [2.75, 3.05) is 37.0 Å². The van der Waals surface area contributed by atoms with E-state index in [1.807, 2.05) is 0 Å². The van der Waals surface area contributed by atoms with E-state index in [2.05, 4.69) is 0 Å². The van der Waals surface area contributed by atoms with E-state index in [-0.39, 0.29) is 73.6 Å². The van der Waals surface area contributed by atoms with Crippen molar-refractivity contribution in [1.82, 2.24) is 0 Å². The summed E-state index contributed by atoms with van der Waals surface area (Å²) in [5.74, 6) is -3.83. The van der Waals surface area contributed by atoms with E-state index in [0.717, 1.165) is 0 Å². The molecule has 0 rings (SSSR count). The Bertz CT molecular complexity index is 592. The van der Waals surface area contributed by atoms with Crippen LogP contribution in [0.3, 0.4) is 0 Å². The predicted octanol–water partition coefficient (Wildman–Crippen LogP) is -2.13. The van der Waals surface area contributed by atoms with Gasteiger partial charge in [-0.05, 0) is 19.3 Å². The summed E-state index contributed by atoms with van der Waals surface area (Å²) in [5, 5.41) is 29.5. The predicted molar refractivity (Wildman–Crippen MR) is 110 cm³/mol. The monoisotopic (exact) mass is 522 g/mol. The van der Waals surface area contributed by atoms with Crippen molar-refractivity contribution in [3.8, 4) is 0 Å². The molecule has 180 valence electrons. The minimum absolute atomic E-state index is 0. The summed E-state index contributed by atoms with van der Waals surface area (Å²) in [4.78, 5) is 56.0. The molecule has 0 aliphatic rings. The molecule has 12 nitrogen and oxygen atoms in total. The molecule has 0 radical (unpaired) electrons. The first-order valence-corrected chi connectivity index (χ1v) is 15.0. The van der Waals surface area contributed by atoms with Gasteiger partial charge in [-0.2, -0.15) is 0 Å². The van der Waals surface area contributed by atoms with Crippen molar-refractivity contribution in [1.29, 1.82) is 0 Å². The van der Waals surface area contributed by atoms with E-state index in [1.54, 1.807) is 20.8 Å². The number of aliphatic carboxylic acids is 3. The molecule has 0 aliphatic heterocycles. The van der Waals surface area contributed by atoms with Crippen molar-refractivity contribution in [3.63, 3.8) is 0 Å². The number of rotatable bonds is 12. The summed E-state index contributed by atoms with van der Waals surface area (Å²) in [7, 11) is -9.44. The molecule has 0 aromatic heterocycles. The van der Waals surface area contributed by atoms with Gasteiger partial charge in [0.05, 0.1) is 0 Å². The molecule has 3 N–H and O–H groups in total. The maximum atomic E-state index is 10.8. The average molecular weight is 522 g/mol. The molecule has 0 amide bonds. The standard InChI is InChI=1S/3C5H11O4P.Al/c3*1-2-10(8,9)4-3-5(6)7;/h3*2-4H2,1H3,(H,6,7)(H,8,9);/q;;;+3/p-3. The number of hydrogen-bond acceptors (Lipinski definition) is 9. The van der Waals surface area contributed by atoms with Gasteiger partial charge in [0, 0.05) is 54.9 Å². The summed E-state index contributed by atoms with van der Waals surface area (Å²) in [6.07, 6.45) is -1.14. The van der Waals surface area contributed by atoms with Crippen LogP contribution >= 0.6 is 22.1 Å². The van der Waals surface area contributed by atoms with Crippen LogP contribution < -0.4 is 15.3 Å². The third kappa shape index (κ3) is 31.8. The fourth-order valence-electron chi connectivity index (χ4n) is 1.27. The molecule has 0 aromatic rings.